The second-order valence-electron chi connectivity index (χ2n) is 8.45. The van der Waals surface area contributed by atoms with Crippen molar-refractivity contribution in [3.05, 3.63) is 72.4 Å². The highest BCUT2D eigenvalue weighted by molar-refractivity contribution is 5.89. The van der Waals surface area contributed by atoms with Gasteiger partial charge in [0.15, 0.2) is 5.65 Å². The van der Waals surface area contributed by atoms with Crippen LogP contribution in [-0.2, 0) is 11.2 Å². The smallest absolute Gasteiger partial charge is 0.319 e. The van der Waals surface area contributed by atoms with Crippen LogP contribution in [0.1, 0.15) is 38.2 Å². The van der Waals surface area contributed by atoms with Crippen LogP contribution in [0.25, 0.3) is 28.2 Å². The average molecular weight is 503 g/mol. The van der Waals surface area contributed by atoms with Crippen molar-refractivity contribution < 1.29 is 14.7 Å². The number of carbonyl (C=O) groups excluding carboxylic acids is 1. The molecule has 2 heterocycles. The number of carbonyl (C=O) groups is 2. The van der Waals surface area contributed by atoms with Crippen LogP contribution in [0.5, 0.6) is 0 Å². The van der Waals surface area contributed by atoms with Crippen molar-refractivity contribution in [1.82, 2.24) is 19.9 Å². The summed E-state index contributed by atoms with van der Waals surface area (Å²) in [6.45, 7) is 3.23. The van der Waals surface area contributed by atoms with Crippen molar-refractivity contribution >= 4 is 29.4 Å². The van der Waals surface area contributed by atoms with Gasteiger partial charge in [0.1, 0.15) is 11.3 Å². The zero-order valence-corrected chi connectivity index (χ0v) is 21.1. The number of pyridine rings is 1. The number of nitrogens with one attached hydrogen (secondary N) is 2. The molecule has 2 aromatic heterocycles. The van der Waals surface area contributed by atoms with Gasteiger partial charge >= 0.3 is 6.03 Å². The van der Waals surface area contributed by atoms with Gasteiger partial charge in [-0.15, -0.1) is 0 Å². The first-order valence-corrected chi connectivity index (χ1v) is 12.5. The summed E-state index contributed by atoms with van der Waals surface area (Å²) in [5.74, 6) is 0.798. The highest BCUT2D eigenvalue weighted by Gasteiger charge is 2.15. The van der Waals surface area contributed by atoms with Crippen LogP contribution in [-0.4, -0.2) is 45.2 Å². The first-order valence-electron chi connectivity index (χ1n) is 12.5. The van der Waals surface area contributed by atoms with Gasteiger partial charge in [-0.3, -0.25) is 9.36 Å². The zero-order valence-electron chi connectivity index (χ0n) is 21.1. The minimum atomic E-state index is -0.250. The van der Waals surface area contributed by atoms with Gasteiger partial charge in [-0.25, -0.2) is 14.8 Å². The van der Waals surface area contributed by atoms with Gasteiger partial charge in [-0.2, -0.15) is 0 Å². The second kappa shape index (κ2) is 14.4. The molecule has 0 radical (unpaired) electrons. The van der Waals surface area contributed by atoms with E-state index in [1.54, 1.807) is 6.20 Å². The Morgan fingerprint density at radius 3 is 2.46 bits per heavy atom. The van der Waals surface area contributed by atoms with Crippen LogP contribution in [0.3, 0.4) is 0 Å². The van der Waals surface area contributed by atoms with E-state index in [1.165, 1.54) is 18.4 Å². The van der Waals surface area contributed by atoms with Gasteiger partial charge in [0.2, 0.25) is 0 Å². The summed E-state index contributed by atoms with van der Waals surface area (Å²) in [6.07, 6.45) is 7.14. The lowest BCUT2D eigenvalue weighted by molar-refractivity contribution is -0.122. The third kappa shape index (κ3) is 7.62. The summed E-state index contributed by atoms with van der Waals surface area (Å²) in [5, 5.41) is 12.7. The molecule has 0 aliphatic heterocycles. The Morgan fingerprint density at radius 2 is 1.78 bits per heavy atom. The van der Waals surface area contributed by atoms with E-state index in [0.717, 1.165) is 53.2 Å². The van der Waals surface area contributed by atoms with Gasteiger partial charge < -0.3 is 21.5 Å². The molecular weight excluding hydrogens is 468 g/mol. The number of aromatic nitrogens is 3. The molecule has 2 aromatic carbocycles. The molecule has 37 heavy (non-hydrogen) atoms. The average Bonchev–Trinajstić information content (AvgIpc) is 3.30. The number of carboxylic acid groups (broad SMARTS) is 1. The van der Waals surface area contributed by atoms with Crippen molar-refractivity contribution in [2.75, 3.05) is 18.4 Å². The van der Waals surface area contributed by atoms with Gasteiger partial charge in [0, 0.05) is 29.7 Å². The van der Waals surface area contributed by atoms with E-state index in [0.29, 0.717) is 13.1 Å². The summed E-state index contributed by atoms with van der Waals surface area (Å²) in [4.78, 5) is 30.0. The van der Waals surface area contributed by atoms with Crippen LogP contribution in [0.4, 0.5) is 10.5 Å². The van der Waals surface area contributed by atoms with E-state index >= 15 is 0 Å². The fraction of sp³-hybridized carbons (Fsp3) is 0.286. The molecule has 0 aliphatic carbocycles. The number of rotatable bonds is 10. The molecule has 5 N–H and O–H groups in total. The van der Waals surface area contributed by atoms with Gasteiger partial charge in [-0.1, -0.05) is 38.3 Å². The Hall–Kier alpha value is -4.24. The van der Waals surface area contributed by atoms with Crippen molar-refractivity contribution in [2.45, 2.75) is 39.0 Å². The number of anilines is 1. The lowest BCUT2D eigenvalue weighted by Crippen LogP contribution is -2.29. The lowest BCUT2D eigenvalue weighted by Gasteiger charge is -2.11. The van der Waals surface area contributed by atoms with Crippen LogP contribution in [0.2, 0.25) is 0 Å². The minimum absolute atomic E-state index is 0.182. The summed E-state index contributed by atoms with van der Waals surface area (Å²) < 4.78 is 2.06. The Bertz CT molecular complexity index is 1270. The monoisotopic (exact) mass is 502 g/mol. The first-order chi connectivity index (χ1) is 18.1. The molecule has 0 spiro atoms. The number of hydrogen-bond acceptors (Lipinski definition) is 5. The number of imidazole rings is 1. The molecule has 9 nitrogen and oxygen atoms in total. The zero-order chi connectivity index (χ0) is 26.5. The largest absolute Gasteiger partial charge is 0.483 e. The fourth-order valence-electron chi connectivity index (χ4n) is 3.96. The summed E-state index contributed by atoms with van der Waals surface area (Å²) in [7, 11) is 0. The third-order valence-corrected chi connectivity index (χ3v) is 5.76. The summed E-state index contributed by atoms with van der Waals surface area (Å²) in [6, 6.07) is 19.7. The molecule has 0 saturated carbocycles. The molecule has 4 rings (SSSR count). The van der Waals surface area contributed by atoms with Crippen LogP contribution in [0.15, 0.2) is 66.9 Å². The summed E-state index contributed by atoms with van der Waals surface area (Å²) >= 11 is 0. The SMILES string of the molecule is CCCCCCNC(=O)Nc1ccc(-c2nc3cccnc3n2-c2ccc(CCN)cc2)cc1.O=CO. The maximum absolute atomic E-state index is 12.2. The quantitative estimate of drug-likeness (QED) is 0.178. The highest BCUT2D eigenvalue weighted by atomic mass is 16.3. The molecule has 0 atom stereocenters. The third-order valence-electron chi connectivity index (χ3n) is 5.76. The van der Waals surface area contributed by atoms with Crippen molar-refractivity contribution in [3.63, 3.8) is 0 Å². The second-order valence-corrected chi connectivity index (χ2v) is 8.45. The predicted molar refractivity (Wildman–Crippen MR) is 147 cm³/mol. The van der Waals surface area contributed by atoms with E-state index in [-0.39, 0.29) is 12.5 Å². The number of fused-ring (bicyclic) bond motifs is 1. The molecule has 194 valence electrons. The van der Waals surface area contributed by atoms with E-state index in [4.69, 9.17) is 20.6 Å². The normalized spacial score (nSPS) is 10.4. The topological polar surface area (TPSA) is 135 Å². The van der Waals surface area contributed by atoms with Crippen molar-refractivity contribution in [3.8, 4) is 17.1 Å². The van der Waals surface area contributed by atoms with Gasteiger partial charge in [0.25, 0.3) is 6.47 Å². The van der Waals surface area contributed by atoms with Crippen molar-refractivity contribution in [2.24, 2.45) is 5.73 Å². The van der Waals surface area contributed by atoms with Crippen LogP contribution in [0, 0.1) is 0 Å². The highest BCUT2D eigenvalue weighted by Crippen LogP contribution is 2.28. The molecule has 0 unspecified atom stereocenters. The van der Waals surface area contributed by atoms with E-state index in [1.807, 2.05) is 36.4 Å². The molecule has 0 aliphatic rings. The number of nitrogens with two attached hydrogens (primary N) is 1. The maximum Gasteiger partial charge on any atom is 0.319 e. The Kier molecular flexibility index (Phi) is 10.6. The lowest BCUT2D eigenvalue weighted by atomic mass is 10.1. The van der Waals surface area contributed by atoms with Crippen LogP contribution >= 0.6 is 0 Å². The standard InChI is InChI=1S/C27H32N6O.CH2O2/c1-2-3-4-5-18-30-27(34)31-22-12-10-21(11-13-22)25-32-24-7-6-19-29-26(24)33(25)23-14-8-20(9-15-23)16-17-28;2-1-3/h6-15,19H,2-5,16-18,28H2,1H3,(H2,30,31,34);1H,(H,2,3). The molecule has 0 bridgehead atoms. The minimum Gasteiger partial charge on any atom is -0.483 e. The van der Waals surface area contributed by atoms with Gasteiger partial charge in [-0.05, 0) is 73.5 Å². The molecular formula is C28H34N6O3. The van der Waals surface area contributed by atoms with E-state index in [2.05, 4.69) is 51.4 Å². The summed E-state index contributed by atoms with van der Waals surface area (Å²) in [5.41, 5.74) is 11.2. The number of urea groups is 1. The number of unbranched alkanes of at least 4 members (excludes halogenated alkanes) is 3. The Labute approximate surface area is 216 Å². The Balaban J connectivity index is 0.00000121. The predicted octanol–water partition coefficient (Wildman–Crippen LogP) is 4.99. The van der Waals surface area contributed by atoms with E-state index < -0.39 is 0 Å². The van der Waals surface area contributed by atoms with Gasteiger partial charge in [0.05, 0.1) is 0 Å². The molecule has 0 fully saturated rings. The number of benzene rings is 2. The molecule has 4 aromatic rings. The van der Waals surface area contributed by atoms with Crippen LogP contribution < -0.4 is 16.4 Å². The number of nitrogens with zero attached hydrogens (tertiary/aromatic N) is 3. The fourth-order valence-corrected chi connectivity index (χ4v) is 3.96. The first kappa shape index (κ1) is 27.3. The molecule has 0 saturated heterocycles. The Morgan fingerprint density at radius 1 is 1.05 bits per heavy atom. The molecule has 2 amide bonds. The van der Waals surface area contributed by atoms with Crippen molar-refractivity contribution in [1.29, 1.82) is 0 Å². The van der Waals surface area contributed by atoms with E-state index in [9.17, 15) is 4.79 Å². The maximum atomic E-state index is 12.2. The number of amides is 2. The number of hydrogen-bond donors (Lipinski definition) is 4. The molecule has 9 heteroatoms.